The standard InChI is InChI=1S/C14H18FN3O2/c1-14(13(20)17-2)5-6-18(8-14)12(19)9-3-4-10(15)11(16)7-9/h3-4,7H,5-6,8,16H2,1-2H3,(H,17,20). The van der Waals surface area contributed by atoms with Gasteiger partial charge in [0.05, 0.1) is 11.1 Å². The number of halogens is 1. The van der Waals surface area contributed by atoms with Crippen molar-refractivity contribution in [2.45, 2.75) is 13.3 Å². The van der Waals surface area contributed by atoms with Gasteiger partial charge in [0.15, 0.2) is 0 Å². The quantitative estimate of drug-likeness (QED) is 0.793. The molecule has 5 nitrogen and oxygen atoms in total. The summed E-state index contributed by atoms with van der Waals surface area (Å²) >= 11 is 0. The molecule has 1 heterocycles. The van der Waals surface area contributed by atoms with Gasteiger partial charge in [-0.25, -0.2) is 4.39 Å². The van der Waals surface area contributed by atoms with Gasteiger partial charge in [-0.3, -0.25) is 9.59 Å². The molecule has 3 N–H and O–H groups in total. The normalized spacial score (nSPS) is 21.9. The topological polar surface area (TPSA) is 75.4 Å². The Kier molecular flexibility index (Phi) is 3.65. The van der Waals surface area contributed by atoms with Crippen LogP contribution in [0.4, 0.5) is 10.1 Å². The summed E-state index contributed by atoms with van der Waals surface area (Å²) in [7, 11) is 1.58. The fourth-order valence-corrected chi connectivity index (χ4v) is 2.48. The number of benzene rings is 1. The first-order valence-electron chi connectivity index (χ1n) is 6.44. The Hall–Kier alpha value is -2.11. The lowest BCUT2D eigenvalue weighted by molar-refractivity contribution is -0.128. The molecule has 2 rings (SSSR count). The molecular formula is C14H18FN3O2. The minimum atomic E-state index is -0.573. The van der Waals surface area contributed by atoms with Crippen molar-refractivity contribution < 1.29 is 14.0 Å². The van der Waals surface area contributed by atoms with Crippen LogP contribution in [0.1, 0.15) is 23.7 Å². The van der Waals surface area contributed by atoms with Crippen LogP contribution in [0, 0.1) is 11.2 Å². The van der Waals surface area contributed by atoms with Gasteiger partial charge in [0.1, 0.15) is 5.82 Å². The second-order valence-electron chi connectivity index (χ2n) is 5.35. The predicted molar refractivity (Wildman–Crippen MR) is 73.5 cm³/mol. The summed E-state index contributed by atoms with van der Waals surface area (Å²) < 4.78 is 13.1. The predicted octanol–water partition coefficient (Wildman–Crippen LogP) is 1.01. The van der Waals surface area contributed by atoms with E-state index >= 15 is 0 Å². The van der Waals surface area contributed by atoms with Gasteiger partial charge in [-0.1, -0.05) is 0 Å². The van der Waals surface area contributed by atoms with Crippen molar-refractivity contribution in [3.05, 3.63) is 29.6 Å². The second kappa shape index (κ2) is 5.11. The summed E-state index contributed by atoms with van der Waals surface area (Å²) in [5.41, 5.74) is 5.18. The van der Waals surface area contributed by atoms with Crippen LogP contribution in [0.5, 0.6) is 0 Å². The third-order valence-corrected chi connectivity index (χ3v) is 3.78. The maximum atomic E-state index is 13.1. The molecule has 6 heteroatoms. The van der Waals surface area contributed by atoms with E-state index < -0.39 is 11.2 Å². The number of hydrogen-bond acceptors (Lipinski definition) is 3. The zero-order valence-corrected chi connectivity index (χ0v) is 11.6. The number of carbonyl (C=O) groups is 2. The molecule has 1 saturated heterocycles. The summed E-state index contributed by atoms with van der Waals surface area (Å²) in [6.45, 7) is 2.68. The maximum Gasteiger partial charge on any atom is 0.253 e. The van der Waals surface area contributed by atoms with Gasteiger partial charge < -0.3 is 16.0 Å². The van der Waals surface area contributed by atoms with Crippen LogP contribution in [0.15, 0.2) is 18.2 Å². The van der Waals surface area contributed by atoms with Crippen molar-refractivity contribution >= 4 is 17.5 Å². The van der Waals surface area contributed by atoms with E-state index in [2.05, 4.69) is 5.32 Å². The van der Waals surface area contributed by atoms with Gasteiger partial charge in [0.2, 0.25) is 5.91 Å². The van der Waals surface area contributed by atoms with Crippen molar-refractivity contribution in [1.29, 1.82) is 0 Å². The van der Waals surface area contributed by atoms with Crippen molar-refractivity contribution in [3.8, 4) is 0 Å². The molecule has 0 saturated carbocycles. The highest BCUT2D eigenvalue weighted by molar-refractivity contribution is 5.96. The average molecular weight is 279 g/mol. The summed E-state index contributed by atoms with van der Waals surface area (Å²) in [5.74, 6) is -0.853. The molecular weight excluding hydrogens is 261 g/mol. The summed E-state index contributed by atoms with van der Waals surface area (Å²) in [6.07, 6.45) is 0.606. The number of rotatable bonds is 2. The van der Waals surface area contributed by atoms with Crippen LogP contribution in [0.2, 0.25) is 0 Å². The first-order valence-corrected chi connectivity index (χ1v) is 6.44. The van der Waals surface area contributed by atoms with E-state index in [-0.39, 0.29) is 17.5 Å². The summed E-state index contributed by atoms with van der Waals surface area (Å²) in [6, 6.07) is 3.91. The fourth-order valence-electron chi connectivity index (χ4n) is 2.48. The molecule has 0 spiro atoms. The molecule has 0 aliphatic carbocycles. The summed E-state index contributed by atoms with van der Waals surface area (Å²) in [4.78, 5) is 25.7. The zero-order chi connectivity index (χ0) is 14.9. The number of anilines is 1. The van der Waals surface area contributed by atoms with Gasteiger partial charge in [-0.15, -0.1) is 0 Å². The number of amides is 2. The van der Waals surface area contributed by atoms with Crippen molar-refractivity contribution in [2.24, 2.45) is 5.41 Å². The lowest BCUT2D eigenvalue weighted by Crippen LogP contribution is -2.40. The van der Waals surface area contributed by atoms with Gasteiger partial charge in [0.25, 0.3) is 5.91 Å². The molecule has 2 amide bonds. The van der Waals surface area contributed by atoms with Crippen molar-refractivity contribution in [1.82, 2.24) is 10.2 Å². The Labute approximate surface area is 116 Å². The number of nitrogens with two attached hydrogens (primary N) is 1. The largest absolute Gasteiger partial charge is 0.396 e. The van der Waals surface area contributed by atoms with Crippen molar-refractivity contribution in [3.63, 3.8) is 0 Å². The maximum absolute atomic E-state index is 13.1. The summed E-state index contributed by atoms with van der Waals surface area (Å²) in [5, 5.41) is 2.62. The van der Waals surface area contributed by atoms with E-state index in [1.165, 1.54) is 18.2 Å². The molecule has 1 aromatic rings. The molecule has 1 aliphatic heterocycles. The molecule has 20 heavy (non-hydrogen) atoms. The van der Waals surface area contributed by atoms with Gasteiger partial charge in [-0.05, 0) is 31.5 Å². The SMILES string of the molecule is CNC(=O)C1(C)CCN(C(=O)c2ccc(F)c(N)c2)C1. The zero-order valence-electron chi connectivity index (χ0n) is 11.6. The Bertz CT molecular complexity index is 561. The monoisotopic (exact) mass is 279 g/mol. The molecule has 0 aromatic heterocycles. The number of nitrogens with zero attached hydrogens (tertiary/aromatic N) is 1. The van der Waals surface area contributed by atoms with E-state index in [0.29, 0.717) is 25.1 Å². The number of nitrogens with one attached hydrogen (secondary N) is 1. The molecule has 1 unspecified atom stereocenters. The number of likely N-dealkylation sites (tertiary alicyclic amines) is 1. The number of nitrogen functional groups attached to an aromatic ring is 1. The molecule has 0 radical (unpaired) electrons. The Balaban J connectivity index is 2.15. The van der Waals surface area contributed by atoms with E-state index in [4.69, 9.17) is 5.73 Å². The Morgan fingerprint density at radius 1 is 1.45 bits per heavy atom. The lowest BCUT2D eigenvalue weighted by Gasteiger charge is -2.22. The Morgan fingerprint density at radius 3 is 2.75 bits per heavy atom. The minimum Gasteiger partial charge on any atom is -0.396 e. The van der Waals surface area contributed by atoms with E-state index in [0.717, 1.165) is 0 Å². The van der Waals surface area contributed by atoms with Crippen LogP contribution >= 0.6 is 0 Å². The van der Waals surface area contributed by atoms with E-state index in [9.17, 15) is 14.0 Å². The molecule has 1 aromatic carbocycles. The third-order valence-electron chi connectivity index (χ3n) is 3.78. The molecule has 1 atom stereocenters. The fraction of sp³-hybridized carbons (Fsp3) is 0.429. The van der Waals surface area contributed by atoms with Crippen LogP contribution in [-0.4, -0.2) is 36.9 Å². The van der Waals surface area contributed by atoms with Gasteiger partial charge in [0, 0.05) is 25.7 Å². The van der Waals surface area contributed by atoms with Gasteiger partial charge in [-0.2, -0.15) is 0 Å². The van der Waals surface area contributed by atoms with E-state index in [1.807, 2.05) is 6.92 Å². The highest BCUT2D eigenvalue weighted by atomic mass is 19.1. The van der Waals surface area contributed by atoms with Crippen LogP contribution in [-0.2, 0) is 4.79 Å². The highest BCUT2D eigenvalue weighted by Crippen LogP contribution is 2.31. The Morgan fingerprint density at radius 2 is 2.15 bits per heavy atom. The van der Waals surface area contributed by atoms with Crippen LogP contribution in [0.25, 0.3) is 0 Å². The third kappa shape index (κ3) is 2.45. The van der Waals surface area contributed by atoms with E-state index in [1.54, 1.807) is 11.9 Å². The van der Waals surface area contributed by atoms with Gasteiger partial charge >= 0.3 is 0 Å². The first-order chi connectivity index (χ1) is 9.37. The smallest absolute Gasteiger partial charge is 0.253 e. The van der Waals surface area contributed by atoms with Crippen molar-refractivity contribution in [2.75, 3.05) is 25.9 Å². The number of carbonyl (C=O) groups excluding carboxylic acids is 2. The number of hydrogen-bond donors (Lipinski definition) is 2. The molecule has 108 valence electrons. The second-order valence-corrected chi connectivity index (χ2v) is 5.35. The highest BCUT2D eigenvalue weighted by Gasteiger charge is 2.41. The molecule has 1 fully saturated rings. The van der Waals surface area contributed by atoms with Crippen LogP contribution < -0.4 is 11.1 Å². The first kappa shape index (κ1) is 14.3. The lowest BCUT2D eigenvalue weighted by atomic mass is 9.89. The van der Waals surface area contributed by atoms with Crippen LogP contribution in [0.3, 0.4) is 0 Å². The molecule has 0 bridgehead atoms. The minimum absolute atomic E-state index is 0.0518. The average Bonchev–Trinajstić information content (AvgIpc) is 2.84. The molecule has 1 aliphatic rings.